The summed E-state index contributed by atoms with van der Waals surface area (Å²) >= 11 is 7.53. The normalized spacial score (nSPS) is 16.5. The van der Waals surface area contributed by atoms with E-state index in [0.29, 0.717) is 16.2 Å². The van der Waals surface area contributed by atoms with Crippen molar-refractivity contribution in [1.29, 1.82) is 0 Å². The number of hydrogen-bond donors (Lipinski definition) is 0. The van der Waals surface area contributed by atoms with Gasteiger partial charge < -0.3 is 14.2 Å². The van der Waals surface area contributed by atoms with Gasteiger partial charge >= 0.3 is 0 Å². The highest BCUT2D eigenvalue weighted by atomic mass is 35.5. The molecular weight excluding hydrogens is 352 g/mol. The molecule has 1 aromatic carbocycles. The molecule has 0 saturated carbocycles. The molecule has 0 fully saturated rings. The van der Waals surface area contributed by atoms with Gasteiger partial charge in [0, 0.05) is 24.9 Å². The van der Waals surface area contributed by atoms with E-state index in [0.717, 1.165) is 0 Å². The molecule has 0 N–H and O–H groups in total. The summed E-state index contributed by atoms with van der Waals surface area (Å²) in [5, 5.41) is 0.248. The molecule has 0 aromatic heterocycles. The van der Waals surface area contributed by atoms with E-state index in [1.54, 1.807) is 25.5 Å². The number of allylic oxidation sites excluding steroid dienone is 2. The number of halogens is 1. The molecule has 1 aliphatic heterocycles. The first-order chi connectivity index (χ1) is 11.4. The van der Waals surface area contributed by atoms with Crippen molar-refractivity contribution in [3.05, 3.63) is 33.4 Å². The van der Waals surface area contributed by atoms with E-state index in [-0.39, 0.29) is 47.0 Å². The molecule has 1 heterocycles. The summed E-state index contributed by atoms with van der Waals surface area (Å²) in [6, 6.07) is 3.23. The zero-order chi connectivity index (χ0) is 17.9. The Labute approximate surface area is 150 Å². The van der Waals surface area contributed by atoms with Crippen LogP contribution in [0.4, 0.5) is 0 Å². The van der Waals surface area contributed by atoms with Crippen LogP contribution >= 0.6 is 23.4 Å². The molecule has 0 spiro atoms. The molecular formula is C17H19ClO5S. The van der Waals surface area contributed by atoms with Gasteiger partial charge in [0.25, 0.3) is 0 Å². The van der Waals surface area contributed by atoms with Gasteiger partial charge in [0.05, 0.1) is 18.8 Å². The average Bonchev–Trinajstić information content (AvgIpc) is 2.90. The molecule has 24 heavy (non-hydrogen) atoms. The molecule has 1 aromatic rings. The summed E-state index contributed by atoms with van der Waals surface area (Å²) in [5.74, 6) is 0.579. The number of ether oxygens (including phenoxy) is 3. The van der Waals surface area contributed by atoms with Crippen LogP contribution in [0.2, 0.25) is 5.02 Å². The number of thioether (sulfide) groups is 1. The number of methoxy groups -OCH3 is 2. The first-order valence-electron chi connectivity index (χ1n) is 7.33. The molecule has 1 atom stereocenters. The third-order valence-electron chi connectivity index (χ3n) is 3.71. The summed E-state index contributed by atoms with van der Waals surface area (Å²) in [7, 11) is 3.05. The van der Waals surface area contributed by atoms with Crippen molar-refractivity contribution >= 4 is 34.9 Å². The van der Waals surface area contributed by atoms with Crippen LogP contribution in [0.3, 0.4) is 0 Å². The van der Waals surface area contributed by atoms with Crippen LogP contribution in [0.5, 0.6) is 11.5 Å². The van der Waals surface area contributed by atoms with Crippen LogP contribution in [0.15, 0.2) is 22.8 Å². The average molecular weight is 371 g/mol. The fourth-order valence-electron chi connectivity index (χ4n) is 2.33. The number of fused-ring (bicyclic) bond motifs is 1. The van der Waals surface area contributed by atoms with Crippen molar-refractivity contribution < 1.29 is 23.8 Å². The standard InChI is InChI=1S/C17H19ClO5S/c1-9(21-2)7-10(19)8-13(24-4)17-15(20)11-5-6-12(22-3)14(18)16(11)23-17/h5-6,9H,7-8H2,1-4H3/b17-13+. The molecule has 130 valence electrons. The summed E-state index contributed by atoms with van der Waals surface area (Å²) in [6.45, 7) is 1.82. The number of carbonyl (C=O) groups excluding carboxylic acids is 2. The van der Waals surface area contributed by atoms with Crippen LogP contribution in [-0.4, -0.2) is 38.1 Å². The van der Waals surface area contributed by atoms with Crippen LogP contribution in [0.1, 0.15) is 30.1 Å². The Balaban J connectivity index is 2.30. The van der Waals surface area contributed by atoms with Gasteiger partial charge in [-0.3, -0.25) is 9.59 Å². The van der Waals surface area contributed by atoms with Gasteiger partial charge in [-0.2, -0.15) is 0 Å². The maximum absolute atomic E-state index is 12.6. The highest BCUT2D eigenvalue weighted by molar-refractivity contribution is 8.02. The van der Waals surface area contributed by atoms with Crippen LogP contribution in [0, 0.1) is 0 Å². The van der Waals surface area contributed by atoms with E-state index in [1.165, 1.54) is 18.9 Å². The highest BCUT2D eigenvalue weighted by Crippen LogP contribution is 2.44. The SMILES string of the molecule is COc1ccc2c(c1Cl)O/C(=C(\CC(=O)CC(C)OC)SC)C2=O. The Morgan fingerprint density at radius 1 is 1.38 bits per heavy atom. The number of ketones is 2. The van der Waals surface area contributed by atoms with Gasteiger partial charge in [0.2, 0.25) is 5.78 Å². The fourth-order valence-corrected chi connectivity index (χ4v) is 3.23. The molecule has 0 bridgehead atoms. The van der Waals surface area contributed by atoms with Gasteiger partial charge in [-0.15, -0.1) is 11.8 Å². The first-order valence-corrected chi connectivity index (χ1v) is 8.93. The van der Waals surface area contributed by atoms with E-state index in [4.69, 9.17) is 25.8 Å². The third kappa shape index (κ3) is 3.77. The predicted molar refractivity (Wildman–Crippen MR) is 94.2 cm³/mol. The second-order valence-corrected chi connectivity index (χ2v) is 6.59. The second-order valence-electron chi connectivity index (χ2n) is 5.31. The van der Waals surface area contributed by atoms with Crippen molar-refractivity contribution in [2.75, 3.05) is 20.5 Å². The zero-order valence-electron chi connectivity index (χ0n) is 14.0. The Hall–Kier alpha value is -1.50. The minimum Gasteiger partial charge on any atom is -0.495 e. The van der Waals surface area contributed by atoms with Gasteiger partial charge in [-0.05, 0) is 25.3 Å². The van der Waals surface area contributed by atoms with Gasteiger partial charge in [0.1, 0.15) is 16.6 Å². The van der Waals surface area contributed by atoms with Crippen molar-refractivity contribution in [3.63, 3.8) is 0 Å². The van der Waals surface area contributed by atoms with Gasteiger partial charge in [-0.1, -0.05) is 11.6 Å². The minimum atomic E-state index is -0.272. The monoisotopic (exact) mass is 370 g/mol. The molecule has 1 unspecified atom stereocenters. The van der Waals surface area contributed by atoms with E-state index in [9.17, 15) is 9.59 Å². The maximum Gasteiger partial charge on any atom is 0.232 e. The van der Waals surface area contributed by atoms with Crippen molar-refractivity contribution in [3.8, 4) is 11.5 Å². The van der Waals surface area contributed by atoms with Gasteiger partial charge in [-0.25, -0.2) is 0 Å². The summed E-state index contributed by atoms with van der Waals surface area (Å²) in [6.07, 6.45) is 2.04. The predicted octanol–water partition coefficient (Wildman–Crippen LogP) is 3.88. The molecule has 2 rings (SSSR count). The van der Waals surface area contributed by atoms with E-state index >= 15 is 0 Å². The number of Topliss-reactive ketones (excluding diaryl/α,β-unsaturated/α-hetero) is 2. The lowest BCUT2D eigenvalue weighted by Gasteiger charge is -2.10. The number of rotatable bonds is 7. The fraction of sp³-hybridized carbons (Fsp3) is 0.412. The summed E-state index contributed by atoms with van der Waals surface area (Å²) in [5.41, 5.74) is 0.375. The second kappa shape index (κ2) is 8.05. The molecule has 0 saturated heterocycles. The lowest BCUT2D eigenvalue weighted by molar-refractivity contribution is -0.120. The molecule has 0 aliphatic carbocycles. The number of benzene rings is 1. The Kier molecular flexibility index (Phi) is 6.32. The number of hydrogen-bond acceptors (Lipinski definition) is 6. The lowest BCUT2D eigenvalue weighted by atomic mass is 10.1. The largest absolute Gasteiger partial charge is 0.495 e. The Morgan fingerprint density at radius 3 is 2.67 bits per heavy atom. The topological polar surface area (TPSA) is 61.8 Å². The quantitative estimate of drug-likeness (QED) is 0.679. The van der Waals surface area contributed by atoms with Gasteiger partial charge in [0.15, 0.2) is 11.5 Å². The zero-order valence-corrected chi connectivity index (χ0v) is 15.5. The first kappa shape index (κ1) is 18.8. The van der Waals surface area contributed by atoms with E-state index in [2.05, 4.69) is 0 Å². The molecule has 0 radical (unpaired) electrons. The smallest absolute Gasteiger partial charge is 0.232 e. The lowest BCUT2D eigenvalue weighted by Crippen LogP contribution is -2.13. The minimum absolute atomic E-state index is 0.0165. The molecule has 5 nitrogen and oxygen atoms in total. The maximum atomic E-state index is 12.6. The molecule has 0 amide bonds. The van der Waals surface area contributed by atoms with Crippen LogP contribution in [0.25, 0.3) is 0 Å². The van der Waals surface area contributed by atoms with E-state index < -0.39 is 0 Å². The Bertz CT molecular complexity index is 698. The van der Waals surface area contributed by atoms with Crippen LogP contribution < -0.4 is 9.47 Å². The summed E-state index contributed by atoms with van der Waals surface area (Å²) in [4.78, 5) is 25.3. The van der Waals surface area contributed by atoms with Crippen molar-refractivity contribution in [2.24, 2.45) is 0 Å². The Morgan fingerprint density at radius 2 is 2.08 bits per heavy atom. The summed E-state index contributed by atoms with van der Waals surface area (Å²) < 4.78 is 15.9. The molecule has 1 aliphatic rings. The molecule has 7 heteroatoms. The van der Waals surface area contributed by atoms with E-state index in [1.807, 2.05) is 6.92 Å². The van der Waals surface area contributed by atoms with Crippen LogP contribution in [-0.2, 0) is 9.53 Å². The highest BCUT2D eigenvalue weighted by Gasteiger charge is 2.33. The number of carbonyl (C=O) groups is 2. The third-order valence-corrected chi connectivity index (χ3v) is 4.89. The van der Waals surface area contributed by atoms with Crippen molar-refractivity contribution in [2.45, 2.75) is 25.9 Å². The van der Waals surface area contributed by atoms with Crippen molar-refractivity contribution in [1.82, 2.24) is 0 Å².